The normalized spacial score (nSPS) is 18.5. The molecule has 5 heteroatoms. The molecule has 0 heterocycles. The summed E-state index contributed by atoms with van der Waals surface area (Å²) in [4.78, 5) is 0.235. The number of nitrogen functional groups attached to an aromatic ring is 1. The van der Waals surface area contributed by atoms with Gasteiger partial charge in [-0.25, -0.2) is 8.42 Å². The Labute approximate surface area is 113 Å². The first kappa shape index (κ1) is 13.7. The average molecular weight is 288 g/mol. The lowest BCUT2D eigenvalue weighted by atomic mass is 10.2. The van der Waals surface area contributed by atoms with Crippen LogP contribution in [-0.2, 0) is 9.84 Å². The van der Waals surface area contributed by atoms with Gasteiger partial charge in [-0.05, 0) is 31.0 Å². The van der Waals surface area contributed by atoms with Crippen LogP contribution >= 0.6 is 11.6 Å². The van der Waals surface area contributed by atoms with E-state index in [0.717, 1.165) is 38.5 Å². The highest BCUT2D eigenvalue weighted by Gasteiger charge is 2.29. The fraction of sp³-hybridized carbons (Fsp3) is 0.538. The van der Waals surface area contributed by atoms with Crippen LogP contribution in [0.15, 0.2) is 23.1 Å². The number of sulfone groups is 1. The van der Waals surface area contributed by atoms with E-state index in [1.807, 2.05) is 0 Å². The van der Waals surface area contributed by atoms with Crippen LogP contribution in [0.1, 0.15) is 38.5 Å². The Balaban J connectivity index is 2.34. The van der Waals surface area contributed by atoms with Gasteiger partial charge in [0.15, 0.2) is 9.84 Å². The summed E-state index contributed by atoms with van der Waals surface area (Å²) in [7, 11) is -3.32. The molecule has 0 saturated heterocycles. The van der Waals surface area contributed by atoms with Crippen LogP contribution in [0.25, 0.3) is 0 Å². The van der Waals surface area contributed by atoms with Crippen molar-refractivity contribution >= 4 is 27.1 Å². The third-order valence-electron chi connectivity index (χ3n) is 3.52. The van der Waals surface area contributed by atoms with Crippen molar-refractivity contribution in [2.45, 2.75) is 48.7 Å². The highest BCUT2D eigenvalue weighted by Crippen LogP contribution is 2.31. The molecule has 1 aromatic carbocycles. The van der Waals surface area contributed by atoms with Gasteiger partial charge in [-0.1, -0.05) is 37.3 Å². The summed E-state index contributed by atoms with van der Waals surface area (Å²) in [6.45, 7) is 0. The van der Waals surface area contributed by atoms with Crippen molar-refractivity contribution in [1.29, 1.82) is 0 Å². The molecule has 1 aliphatic rings. The highest BCUT2D eigenvalue weighted by molar-refractivity contribution is 7.92. The molecule has 1 aliphatic carbocycles. The second kappa shape index (κ2) is 5.49. The zero-order chi connectivity index (χ0) is 13.2. The van der Waals surface area contributed by atoms with Crippen molar-refractivity contribution in [2.24, 2.45) is 0 Å². The fourth-order valence-electron chi connectivity index (χ4n) is 2.51. The van der Waals surface area contributed by atoms with Gasteiger partial charge < -0.3 is 5.73 Å². The zero-order valence-corrected chi connectivity index (χ0v) is 11.8. The molecule has 0 radical (unpaired) electrons. The zero-order valence-electron chi connectivity index (χ0n) is 10.2. The van der Waals surface area contributed by atoms with Crippen LogP contribution < -0.4 is 5.73 Å². The van der Waals surface area contributed by atoms with Crippen LogP contribution in [0.5, 0.6) is 0 Å². The van der Waals surface area contributed by atoms with Crippen molar-refractivity contribution < 1.29 is 8.42 Å². The van der Waals surface area contributed by atoms with E-state index in [9.17, 15) is 8.42 Å². The molecule has 1 aromatic rings. The summed E-state index contributed by atoms with van der Waals surface area (Å²) >= 11 is 5.80. The monoisotopic (exact) mass is 287 g/mol. The van der Waals surface area contributed by atoms with Gasteiger partial charge in [-0.15, -0.1) is 0 Å². The van der Waals surface area contributed by atoms with Gasteiger partial charge in [0.2, 0.25) is 0 Å². The van der Waals surface area contributed by atoms with Gasteiger partial charge in [0, 0.05) is 5.02 Å². The minimum Gasteiger partial charge on any atom is -0.398 e. The molecule has 0 bridgehead atoms. The topological polar surface area (TPSA) is 60.2 Å². The van der Waals surface area contributed by atoms with E-state index < -0.39 is 9.84 Å². The van der Waals surface area contributed by atoms with E-state index in [2.05, 4.69) is 0 Å². The van der Waals surface area contributed by atoms with Gasteiger partial charge in [0.1, 0.15) is 0 Å². The van der Waals surface area contributed by atoms with Crippen LogP contribution in [0.4, 0.5) is 5.69 Å². The molecule has 1 saturated carbocycles. The molecule has 0 atom stereocenters. The summed E-state index contributed by atoms with van der Waals surface area (Å²) in [5.74, 6) is 0. The van der Waals surface area contributed by atoms with Crippen molar-refractivity contribution in [3.63, 3.8) is 0 Å². The molecule has 100 valence electrons. The SMILES string of the molecule is Nc1cc(Cl)ccc1S(=O)(=O)C1CCCCCC1. The van der Waals surface area contributed by atoms with E-state index in [4.69, 9.17) is 17.3 Å². The molecule has 2 N–H and O–H groups in total. The Hall–Kier alpha value is -0.740. The third-order valence-corrected chi connectivity index (χ3v) is 6.09. The second-order valence-electron chi connectivity index (χ2n) is 4.84. The van der Waals surface area contributed by atoms with Crippen LogP contribution in [-0.4, -0.2) is 13.7 Å². The van der Waals surface area contributed by atoms with Crippen LogP contribution in [0.3, 0.4) is 0 Å². The molecule has 0 spiro atoms. The Morgan fingerprint density at radius 1 is 1.11 bits per heavy atom. The van der Waals surface area contributed by atoms with Crippen LogP contribution in [0.2, 0.25) is 5.02 Å². The first-order chi connectivity index (χ1) is 8.51. The lowest BCUT2D eigenvalue weighted by Gasteiger charge is -2.16. The molecular formula is C13H18ClNO2S. The highest BCUT2D eigenvalue weighted by atomic mass is 35.5. The Morgan fingerprint density at radius 2 is 1.72 bits per heavy atom. The van der Waals surface area contributed by atoms with E-state index in [-0.39, 0.29) is 15.8 Å². The molecular weight excluding hydrogens is 270 g/mol. The molecule has 0 aliphatic heterocycles. The van der Waals surface area contributed by atoms with Crippen molar-refractivity contribution in [3.8, 4) is 0 Å². The van der Waals surface area contributed by atoms with Crippen molar-refractivity contribution in [2.75, 3.05) is 5.73 Å². The first-order valence-corrected chi connectivity index (χ1v) is 8.23. The lowest BCUT2D eigenvalue weighted by molar-refractivity contribution is 0.563. The maximum Gasteiger partial charge on any atom is 0.183 e. The smallest absolute Gasteiger partial charge is 0.183 e. The maximum absolute atomic E-state index is 12.5. The number of halogens is 1. The number of nitrogens with two attached hydrogens (primary N) is 1. The van der Waals surface area contributed by atoms with Gasteiger partial charge in [0.05, 0.1) is 15.8 Å². The molecule has 1 fully saturated rings. The maximum atomic E-state index is 12.5. The number of anilines is 1. The first-order valence-electron chi connectivity index (χ1n) is 6.31. The third kappa shape index (κ3) is 2.81. The molecule has 0 unspecified atom stereocenters. The molecule has 0 aromatic heterocycles. The van der Waals surface area contributed by atoms with E-state index in [1.165, 1.54) is 12.1 Å². The van der Waals surface area contributed by atoms with E-state index in [0.29, 0.717) is 5.02 Å². The second-order valence-corrected chi connectivity index (χ2v) is 7.47. The summed E-state index contributed by atoms with van der Waals surface area (Å²) in [6.07, 6.45) is 5.70. The Bertz CT molecular complexity index is 520. The van der Waals surface area contributed by atoms with Crippen LogP contribution in [0, 0.1) is 0 Å². The lowest BCUT2D eigenvalue weighted by Crippen LogP contribution is -2.21. The molecule has 18 heavy (non-hydrogen) atoms. The fourth-order valence-corrected chi connectivity index (χ4v) is 4.65. The minimum atomic E-state index is -3.32. The average Bonchev–Trinajstić information content (AvgIpc) is 2.57. The van der Waals surface area contributed by atoms with Gasteiger partial charge >= 0.3 is 0 Å². The van der Waals surface area contributed by atoms with E-state index >= 15 is 0 Å². The summed E-state index contributed by atoms with van der Waals surface area (Å²) < 4.78 is 25.1. The molecule has 2 rings (SSSR count). The Morgan fingerprint density at radius 3 is 2.28 bits per heavy atom. The van der Waals surface area contributed by atoms with E-state index in [1.54, 1.807) is 6.07 Å². The number of benzene rings is 1. The minimum absolute atomic E-state index is 0.235. The standard InChI is InChI=1S/C13H18ClNO2S/c14-10-7-8-13(12(15)9-10)18(16,17)11-5-3-1-2-4-6-11/h7-9,11H,1-6,15H2. The van der Waals surface area contributed by atoms with Crippen molar-refractivity contribution in [1.82, 2.24) is 0 Å². The molecule has 3 nitrogen and oxygen atoms in total. The predicted octanol–water partition coefficient (Wildman–Crippen LogP) is 3.42. The summed E-state index contributed by atoms with van der Waals surface area (Å²) in [5.41, 5.74) is 6.05. The van der Waals surface area contributed by atoms with Gasteiger partial charge in [-0.3, -0.25) is 0 Å². The quantitative estimate of drug-likeness (QED) is 0.670. The summed E-state index contributed by atoms with van der Waals surface area (Å²) in [6, 6.07) is 4.62. The Kier molecular flexibility index (Phi) is 4.17. The number of rotatable bonds is 2. The van der Waals surface area contributed by atoms with Gasteiger partial charge in [0.25, 0.3) is 0 Å². The van der Waals surface area contributed by atoms with Gasteiger partial charge in [-0.2, -0.15) is 0 Å². The summed E-state index contributed by atoms with van der Waals surface area (Å²) in [5, 5.41) is 0.177. The predicted molar refractivity (Wildman–Crippen MR) is 74.5 cm³/mol. The molecule has 0 amide bonds. The van der Waals surface area contributed by atoms with Crippen molar-refractivity contribution in [3.05, 3.63) is 23.2 Å². The number of hydrogen-bond donors (Lipinski definition) is 1. The number of hydrogen-bond acceptors (Lipinski definition) is 3. The largest absolute Gasteiger partial charge is 0.398 e.